The molecule has 2 unspecified atom stereocenters. The number of likely N-dealkylation sites (N-methyl/N-ethyl adjacent to an activating group) is 1. The summed E-state index contributed by atoms with van der Waals surface area (Å²) in [6.45, 7) is 0.964. The quantitative estimate of drug-likeness (QED) is 0.856. The van der Waals surface area contributed by atoms with Crippen molar-refractivity contribution in [2.24, 2.45) is 11.8 Å². The molecule has 0 spiro atoms. The average Bonchev–Trinajstić information content (AvgIpc) is 3.09. The summed E-state index contributed by atoms with van der Waals surface area (Å²) >= 11 is 1.51. The first-order chi connectivity index (χ1) is 10.3. The van der Waals surface area contributed by atoms with E-state index in [4.69, 9.17) is 0 Å². The SMILES string of the molecule is CNCC1=C(c2ccc(F)c3sccc23)C2CCC(C1)C2. The van der Waals surface area contributed by atoms with Crippen molar-refractivity contribution < 1.29 is 4.39 Å². The van der Waals surface area contributed by atoms with Crippen molar-refractivity contribution in [3.8, 4) is 0 Å². The highest BCUT2D eigenvalue weighted by Crippen LogP contribution is 2.50. The molecule has 21 heavy (non-hydrogen) atoms. The molecule has 1 aromatic heterocycles. The van der Waals surface area contributed by atoms with Gasteiger partial charge in [-0.3, -0.25) is 0 Å². The van der Waals surface area contributed by atoms with Crippen LogP contribution in [0.4, 0.5) is 4.39 Å². The van der Waals surface area contributed by atoms with Crippen LogP contribution < -0.4 is 5.32 Å². The minimum absolute atomic E-state index is 0.0837. The Morgan fingerprint density at radius 2 is 2.19 bits per heavy atom. The maximum atomic E-state index is 14.0. The van der Waals surface area contributed by atoms with Crippen LogP contribution in [0, 0.1) is 17.7 Å². The van der Waals surface area contributed by atoms with Crippen molar-refractivity contribution in [1.82, 2.24) is 5.32 Å². The van der Waals surface area contributed by atoms with Crippen LogP contribution in [0.15, 0.2) is 29.2 Å². The molecule has 0 aliphatic heterocycles. The summed E-state index contributed by atoms with van der Waals surface area (Å²) < 4.78 is 14.8. The van der Waals surface area contributed by atoms with Crippen LogP contribution in [0.25, 0.3) is 15.7 Å². The van der Waals surface area contributed by atoms with Crippen molar-refractivity contribution >= 4 is 27.0 Å². The summed E-state index contributed by atoms with van der Waals surface area (Å²) in [6.07, 6.45) is 5.20. The van der Waals surface area contributed by atoms with Crippen LogP contribution in [0.3, 0.4) is 0 Å². The Morgan fingerprint density at radius 1 is 1.29 bits per heavy atom. The standard InChI is InChI=1S/C18H20FNS/c1-20-10-13-9-11-2-3-12(8-11)17(13)14-4-5-16(19)18-15(14)6-7-21-18/h4-7,11-12,20H,2-3,8-10H2,1H3. The zero-order valence-corrected chi connectivity index (χ0v) is 13.1. The van der Waals surface area contributed by atoms with E-state index in [0.717, 1.165) is 22.5 Å². The average molecular weight is 301 g/mol. The smallest absolute Gasteiger partial charge is 0.141 e. The third-order valence-electron chi connectivity index (χ3n) is 5.11. The molecule has 0 radical (unpaired) electrons. The molecule has 4 rings (SSSR count). The van der Waals surface area contributed by atoms with Crippen molar-refractivity contribution in [3.05, 3.63) is 40.5 Å². The summed E-state index contributed by atoms with van der Waals surface area (Å²) in [6, 6.07) is 5.75. The molecule has 1 N–H and O–H groups in total. The molecular formula is C18H20FNS. The second kappa shape index (κ2) is 5.22. The van der Waals surface area contributed by atoms with E-state index < -0.39 is 0 Å². The topological polar surface area (TPSA) is 12.0 Å². The summed E-state index contributed by atoms with van der Waals surface area (Å²) in [5.41, 5.74) is 4.35. The van der Waals surface area contributed by atoms with Gasteiger partial charge in [0.2, 0.25) is 0 Å². The fourth-order valence-electron chi connectivity index (χ4n) is 4.32. The van der Waals surface area contributed by atoms with Gasteiger partial charge in [-0.15, -0.1) is 11.3 Å². The number of nitrogens with one attached hydrogen (secondary N) is 1. The van der Waals surface area contributed by atoms with Crippen LogP contribution in [-0.2, 0) is 0 Å². The monoisotopic (exact) mass is 301 g/mol. The molecule has 2 aliphatic carbocycles. The number of thiophene rings is 1. The van der Waals surface area contributed by atoms with Crippen molar-refractivity contribution in [1.29, 1.82) is 0 Å². The number of hydrogen-bond donors (Lipinski definition) is 1. The summed E-state index contributed by atoms with van der Waals surface area (Å²) in [5.74, 6) is 1.47. The molecular weight excluding hydrogens is 281 g/mol. The summed E-state index contributed by atoms with van der Waals surface area (Å²) in [4.78, 5) is 0. The molecule has 0 amide bonds. The van der Waals surface area contributed by atoms with E-state index >= 15 is 0 Å². The van der Waals surface area contributed by atoms with Crippen molar-refractivity contribution in [3.63, 3.8) is 0 Å². The Bertz CT molecular complexity index is 715. The molecule has 2 bridgehead atoms. The largest absolute Gasteiger partial charge is 0.316 e. The lowest BCUT2D eigenvalue weighted by molar-refractivity contribution is 0.502. The first-order valence-electron chi connectivity index (χ1n) is 7.80. The number of fused-ring (bicyclic) bond motifs is 3. The molecule has 110 valence electrons. The van der Waals surface area contributed by atoms with Gasteiger partial charge in [-0.05, 0) is 73.2 Å². The summed E-state index contributed by atoms with van der Waals surface area (Å²) in [7, 11) is 2.02. The van der Waals surface area contributed by atoms with Crippen LogP contribution in [0.5, 0.6) is 0 Å². The Morgan fingerprint density at radius 3 is 3.05 bits per heavy atom. The van der Waals surface area contributed by atoms with Gasteiger partial charge in [0.25, 0.3) is 0 Å². The van der Waals surface area contributed by atoms with Gasteiger partial charge >= 0.3 is 0 Å². The van der Waals surface area contributed by atoms with Gasteiger partial charge in [0.1, 0.15) is 5.82 Å². The third-order valence-corrected chi connectivity index (χ3v) is 6.04. The number of halogens is 1. The molecule has 3 heteroatoms. The molecule has 1 heterocycles. The van der Waals surface area contributed by atoms with E-state index in [2.05, 4.69) is 11.4 Å². The van der Waals surface area contributed by atoms with Crippen LogP contribution >= 0.6 is 11.3 Å². The van der Waals surface area contributed by atoms with Gasteiger partial charge in [0, 0.05) is 11.9 Å². The van der Waals surface area contributed by atoms with Crippen molar-refractivity contribution in [2.45, 2.75) is 25.7 Å². The highest BCUT2D eigenvalue weighted by atomic mass is 32.1. The van der Waals surface area contributed by atoms with Crippen LogP contribution in [0.1, 0.15) is 31.2 Å². The van der Waals surface area contributed by atoms with E-state index in [1.807, 2.05) is 18.5 Å². The van der Waals surface area contributed by atoms with E-state index in [1.54, 1.807) is 11.6 Å². The number of hydrogen-bond acceptors (Lipinski definition) is 2. The predicted molar refractivity (Wildman–Crippen MR) is 88.1 cm³/mol. The number of rotatable bonds is 3. The maximum absolute atomic E-state index is 14.0. The van der Waals surface area contributed by atoms with Gasteiger partial charge in [-0.25, -0.2) is 4.39 Å². The van der Waals surface area contributed by atoms with Crippen LogP contribution in [0.2, 0.25) is 0 Å². The highest BCUT2D eigenvalue weighted by Gasteiger charge is 2.35. The fraction of sp³-hybridized carbons (Fsp3) is 0.444. The Labute approximate surface area is 128 Å². The lowest BCUT2D eigenvalue weighted by atomic mass is 9.79. The van der Waals surface area contributed by atoms with Gasteiger partial charge < -0.3 is 5.32 Å². The second-order valence-corrected chi connectivity index (χ2v) is 7.30. The fourth-order valence-corrected chi connectivity index (χ4v) is 5.15. The third kappa shape index (κ3) is 2.14. The highest BCUT2D eigenvalue weighted by molar-refractivity contribution is 7.17. The maximum Gasteiger partial charge on any atom is 0.141 e. The number of benzene rings is 1. The second-order valence-electron chi connectivity index (χ2n) is 6.39. The lowest BCUT2D eigenvalue weighted by Crippen LogP contribution is -2.19. The van der Waals surface area contributed by atoms with Gasteiger partial charge in [-0.2, -0.15) is 0 Å². The lowest BCUT2D eigenvalue weighted by Gasteiger charge is -2.27. The summed E-state index contributed by atoms with van der Waals surface area (Å²) in [5, 5.41) is 6.45. The molecule has 2 atom stereocenters. The van der Waals surface area contributed by atoms with E-state index in [1.165, 1.54) is 48.2 Å². The Balaban J connectivity index is 1.92. The first-order valence-corrected chi connectivity index (χ1v) is 8.68. The van der Waals surface area contributed by atoms with Crippen molar-refractivity contribution in [2.75, 3.05) is 13.6 Å². The molecule has 1 aromatic carbocycles. The Kier molecular flexibility index (Phi) is 3.35. The first kappa shape index (κ1) is 13.5. The van der Waals surface area contributed by atoms with E-state index in [0.29, 0.717) is 5.92 Å². The molecule has 2 aromatic rings. The molecule has 0 saturated heterocycles. The normalized spacial score (nSPS) is 25.0. The Hall–Kier alpha value is -1.19. The van der Waals surface area contributed by atoms with Gasteiger partial charge in [0.15, 0.2) is 0 Å². The molecule has 2 aliphatic rings. The van der Waals surface area contributed by atoms with Crippen LogP contribution in [-0.4, -0.2) is 13.6 Å². The minimum atomic E-state index is -0.0837. The van der Waals surface area contributed by atoms with Gasteiger partial charge in [0.05, 0.1) is 4.70 Å². The van der Waals surface area contributed by atoms with Gasteiger partial charge in [-0.1, -0.05) is 11.6 Å². The molecule has 1 saturated carbocycles. The van der Waals surface area contributed by atoms with E-state index in [9.17, 15) is 4.39 Å². The zero-order chi connectivity index (χ0) is 14.4. The predicted octanol–water partition coefficient (Wildman–Crippen LogP) is 4.83. The van der Waals surface area contributed by atoms with E-state index in [-0.39, 0.29) is 5.82 Å². The zero-order valence-electron chi connectivity index (χ0n) is 12.3. The number of allylic oxidation sites excluding steroid dienone is 1. The minimum Gasteiger partial charge on any atom is -0.316 e. The molecule has 1 fully saturated rings. The molecule has 1 nitrogen and oxygen atoms in total.